The molecule has 3 rings (SSSR count). The summed E-state index contributed by atoms with van der Waals surface area (Å²) < 4.78 is 0. The Balaban J connectivity index is 1.95. The second-order valence-corrected chi connectivity index (χ2v) is 5.59. The van der Waals surface area contributed by atoms with Gasteiger partial charge in [0, 0.05) is 6.04 Å². The van der Waals surface area contributed by atoms with Crippen LogP contribution in [0.4, 0.5) is 5.69 Å². The van der Waals surface area contributed by atoms with Gasteiger partial charge in [0.1, 0.15) is 5.15 Å². The third kappa shape index (κ3) is 2.86. The van der Waals surface area contributed by atoms with Crippen molar-refractivity contribution in [2.45, 2.75) is 19.9 Å². The van der Waals surface area contributed by atoms with E-state index in [1.807, 2.05) is 19.1 Å². The number of aromatic nitrogens is 1. The molecular weight excluding hydrogens is 280 g/mol. The first-order chi connectivity index (χ1) is 10.1. The molecule has 0 aliphatic rings. The lowest BCUT2D eigenvalue weighted by Gasteiger charge is -2.19. The number of aryl methyl sites for hydroxylation is 1. The average Bonchev–Trinajstić information content (AvgIpc) is 2.49. The van der Waals surface area contributed by atoms with Crippen LogP contribution in [0.5, 0.6) is 0 Å². The van der Waals surface area contributed by atoms with Crippen LogP contribution >= 0.6 is 11.6 Å². The Morgan fingerprint density at radius 3 is 2.57 bits per heavy atom. The summed E-state index contributed by atoms with van der Waals surface area (Å²) in [7, 11) is 0. The monoisotopic (exact) mass is 296 g/mol. The van der Waals surface area contributed by atoms with E-state index in [1.165, 1.54) is 16.3 Å². The molecule has 0 amide bonds. The smallest absolute Gasteiger partial charge is 0.129 e. The SMILES string of the molecule is Cc1nc(Cl)ccc1NC(C)c1cccc2ccccc12. The fourth-order valence-corrected chi connectivity index (χ4v) is 2.81. The van der Waals surface area contributed by atoms with Gasteiger partial charge in [0.15, 0.2) is 0 Å². The molecule has 1 atom stereocenters. The van der Waals surface area contributed by atoms with Crippen molar-refractivity contribution in [2.24, 2.45) is 0 Å². The summed E-state index contributed by atoms with van der Waals surface area (Å²) in [6, 6.07) is 18.8. The van der Waals surface area contributed by atoms with E-state index in [9.17, 15) is 0 Å². The molecule has 0 aliphatic carbocycles. The first-order valence-electron chi connectivity index (χ1n) is 7.02. The van der Waals surface area contributed by atoms with E-state index < -0.39 is 0 Å². The summed E-state index contributed by atoms with van der Waals surface area (Å²) in [6.07, 6.45) is 0. The van der Waals surface area contributed by atoms with E-state index in [0.29, 0.717) is 5.15 Å². The number of nitrogens with zero attached hydrogens (tertiary/aromatic N) is 1. The summed E-state index contributed by atoms with van der Waals surface area (Å²) in [6.45, 7) is 4.12. The maximum Gasteiger partial charge on any atom is 0.129 e. The molecule has 0 aliphatic heterocycles. The predicted octanol–water partition coefficient (Wildman–Crippen LogP) is 5.37. The lowest BCUT2D eigenvalue weighted by atomic mass is 9.99. The Kier molecular flexibility index (Phi) is 3.80. The van der Waals surface area contributed by atoms with Crippen LogP contribution in [-0.4, -0.2) is 4.98 Å². The maximum absolute atomic E-state index is 5.91. The third-order valence-electron chi connectivity index (χ3n) is 3.71. The van der Waals surface area contributed by atoms with Crippen molar-refractivity contribution in [3.63, 3.8) is 0 Å². The molecule has 106 valence electrons. The van der Waals surface area contributed by atoms with Crippen LogP contribution in [-0.2, 0) is 0 Å². The Bertz CT molecular complexity index is 778. The molecule has 0 saturated carbocycles. The van der Waals surface area contributed by atoms with Gasteiger partial charge in [-0.3, -0.25) is 0 Å². The van der Waals surface area contributed by atoms with Gasteiger partial charge in [0.2, 0.25) is 0 Å². The van der Waals surface area contributed by atoms with E-state index in [1.54, 1.807) is 0 Å². The highest BCUT2D eigenvalue weighted by atomic mass is 35.5. The van der Waals surface area contributed by atoms with Crippen molar-refractivity contribution < 1.29 is 0 Å². The minimum Gasteiger partial charge on any atom is -0.377 e. The van der Waals surface area contributed by atoms with Crippen LogP contribution in [0.3, 0.4) is 0 Å². The number of hydrogen-bond donors (Lipinski definition) is 1. The quantitative estimate of drug-likeness (QED) is 0.657. The van der Waals surface area contributed by atoms with E-state index in [-0.39, 0.29) is 6.04 Å². The largest absolute Gasteiger partial charge is 0.377 e. The summed E-state index contributed by atoms with van der Waals surface area (Å²) in [5.41, 5.74) is 3.21. The van der Waals surface area contributed by atoms with Crippen LogP contribution in [0.1, 0.15) is 24.2 Å². The maximum atomic E-state index is 5.91. The second-order valence-electron chi connectivity index (χ2n) is 5.20. The molecule has 0 radical (unpaired) electrons. The Labute approximate surface area is 129 Å². The van der Waals surface area contributed by atoms with E-state index >= 15 is 0 Å². The highest BCUT2D eigenvalue weighted by Gasteiger charge is 2.10. The van der Waals surface area contributed by atoms with Gasteiger partial charge in [-0.1, -0.05) is 54.1 Å². The summed E-state index contributed by atoms with van der Waals surface area (Å²) in [5.74, 6) is 0. The number of halogens is 1. The van der Waals surface area contributed by atoms with Gasteiger partial charge in [-0.15, -0.1) is 0 Å². The van der Waals surface area contributed by atoms with E-state index in [4.69, 9.17) is 11.6 Å². The molecule has 2 aromatic carbocycles. The lowest BCUT2D eigenvalue weighted by molar-refractivity contribution is 0.888. The summed E-state index contributed by atoms with van der Waals surface area (Å²) in [5, 5.41) is 6.58. The number of nitrogens with one attached hydrogen (secondary N) is 1. The molecule has 1 N–H and O–H groups in total. The highest BCUT2D eigenvalue weighted by Crippen LogP contribution is 2.27. The summed E-state index contributed by atoms with van der Waals surface area (Å²) in [4.78, 5) is 4.29. The highest BCUT2D eigenvalue weighted by molar-refractivity contribution is 6.29. The van der Waals surface area contributed by atoms with Crippen molar-refractivity contribution in [1.29, 1.82) is 0 Å². The van der Waals surface area contributed by atoms with Crippen LogP contribution in [0.2, 0.25) is 5.15 Å². The van der Waals surface area contributed by atoms with Crippen LogP contribution in [0.25, 0.3) is 10.8 Å². The molecule has 1 heterocycles. The first-order valence-corrected chi connectivity index (χ1v) is 7.40. The van der Waals surface area contributed by atoms with Gasteiger partial charge in [-0.25, -0.2) is 4.98 Å². The first kappa shape index (κ1) is 13.9. The predicted molar refractivity (Wildman–Crippen MR) is 90.0 cm³/mol. The minimum atomic E-state index is 0.192. The van der Waals surface area contributed by atoms with Crippen molar-refractivity contribution >= 4 is 28.1 Å². The van der Waals surface area contributed by atoms with Gasteiger partial charge >= 0.3 is 0 Å². The zero-order valence-corrected chi connectivity index (χ0v) is 12.9. The normalized spacial score (nSPS) is 12.3. The van der Waals surface area contributed by atoms with Crippen molar-refractivity contribution in [3.8, 4) is 0 Å². The molecule has 1 unspecified atom stereocenters. The Morgan fingerprint density at radius 1 is 1.00 bits per heavy atom. The molecule has 1 aromatic heterocycles. The van der Waals surface area contributed by atoms with Crippen LogP contribution in [0.15, 0.2) is 54.6 Å². The van der Waals surface area contributed by atoms with Crippen molar-refractivity contribution in [3.05, 3.63) is 71.0 Å². The van der Waals surface area contributed by atoms with Crippen LogP contribution < -0.4 is 5.32 Å². The molecule has 0 spiro atoms. The van der Waals surface area contributed by atoms with E-state index in [0.717, 1.165) is 11.4 Å². The van der Waals surface area contributed by atoms with Gasteiger partial charge in [0.05, 0.1) is 11.4 Å². The molecule has 3 aromatic rings. The topological polar surface area (TPSA) is 24.9 Å². The zero-order valence-electron chi connectivity index (χ0n) is 12.1. The molecular formula is C18H17ClN2. The zero-order chi connectivity index (χ0) is 14.8. The molecule has 2 nitrogen and oxygen atoms in total. The summed E-state index contributed by atoms with van der Waals surface area (Å²) >= 11 is 5.91. The molecule has 0 saturated heterocycles. The molecule has 0 bridgehead atoms. The molecule has 3 heteroatoms. The van der Waals surface area contributed by atoms with Crippen molar-refractivity contribution in [2.75, 3.05) is 5.32 Å². The number of pyridine rings is 1. The number of benzene rings is 2. The van der Waals surface area contributed by atoms with Gasteiger partial charge in [-0.2, -0.15) is 0 Å². The number of hydrogen-bond acceptors (Lipinski definition) is 2. The molecule has 21 heavy (non-hydrogen) atoms. The van der Waals surface area contributed by atoms with Gasteiger partial charge < -0.3 is 5.32 Å². The van der Waals surface area contributed by atoms with E-state index in [2.05, 4.69) is 59.7 Å². The standard InChI is InChI=1S/C18H17ClN2/c1-12(20-17-10-11-18(19)21-13(17)2)15-9-5-7-14-6-3-4-8-16(14)15/h3-12,20H,1-2H3. The minimum absolute atomic E-state index is 0.192. The van der Waals surface area contributed by atoms with Crippen molar-refractivity contribution in [1.82, 2.24) is 4.98 Å². The Morgan fingerprint density at radius 2 is 1.76 bits per heavy atom. The second kappa shape index (κ2) is 5.74. The lowest BCUT2D eigenvalue weighted by Crippen LogP contribution is -2.08. The average molecular weight is 297 g/mol. The third-order valence-corrected chi connectivity index (χ3v) is 3.92. The van der Waals surface area contributed by atoms with Gasteiger partial charge in [0.25, 0.3) is 0 Å². The van der Waals surface area contributed by atoms with Gasteiger partial charge in [-0.05, 0) is 42.3 Å². The van der Waals surface area contributed by atoms with Crippen LogP contribution in [0, 0.1) is 6.92 Å². The number of anilines is 1. The molecule has 0 fully saturated rings. The Hall–Kier alpha value is -2.06. The number of rotatable bonds is 3. The fourth-order valence-electron chi connectivity index (χ4n) is 2.62. The number of fused-ring (bicyclic) bond motifs is 1. The fraction of sp³-hybridized carbons (Fsp3) is 0.167.